The number of carboxylic acid groups (broad SMARTS) is 1. The SMILES string of the molecule is C=C(CC(CC)CCOC(=O)C(C)(CC(C)(C)C)C(C)(C)C)C(=O)O. The Morgan fingerprint density at radius 1 is 1.08 bits per heavy atom. The van der Waals surface area contributed by atoms with Gasteiger partial charge in [0.25, 0.3) is 0 Å². The third kappa shape index (κ3) is 7.62. The molecule has 0 aliphatic heterocycles. The van der Waals surface area contributed by atoms with Gasteiger partial charge in [0.05, 0.1) is 12.0 Å². The Bertz CT molecular complexity index is 479. The minimum absolute atomic E-state index is 0.0201. The molecule has 0 aromatic heterocycles. The summed E-state index contributed by atoms with van der Waals surface area (Å²) in [4.78, 5) is 23.8. The molecule has 1 N–H and O–H groups in total. The van der Waals surface area contributed by atoms with Gasteiger partial charge < -0.3 is 9.84 Å². The van der Waals surface area contributed by atoms with E-state index in [1.165, 1.54) is 0 Å². The quantitative estimate of drug-likeness (QED) is 0.441. The second-order valence-electron chi connectivity index (χ2n) is 9.63. The average molecular weight is 355 g/mol. The fraction of sp³-hybridized carbons (Fsp3) is 0.810. The van der Waals surface area contributed by atoms with Crippen molar-refractivity contribution in [3.8, 4) is 0 Å². The topological polar surface area (TPSA) is 63.6 Å². The van der Waals surface area contributed by atoms with Gasteiger partial charge in [-0.05, 0) is 42.9 Å². The van der Waals surface area contributed by atoms with E-state index in [-0.39, 0.29) is 28.3 Å². The molecule has 0 amide bonds. The molecule has 146 valence electrons. The lowest BCUT2D eigenvalue weighted by atomic mass is 9.61. The van der Waals surface area contributed by atoms with Gasteiger partial charge in [-0.2, -0.15) is 0 Å². The van der Waals surface area contributed by atoms with Crippen LogP contribution >= 0.6 is 0 Å². The van der Waals surface area contributed by atoms with Gasteiger partial charge in [0.1, 0.15) is 0 Å². The summed E-state index contributed by atoms with van der Waals surface area (Å²) in [6, 6.07) is 0. The van der Waals surface area contributed by atoms with Gasteiger partial charge >= 0.3 is 11.9 Å². The molecule has 4 heteroatoms. The summed E-state index contributed by atoms with van der Waals surface area (Å²) in [6.45, 7) is 20.5. The predicted octanol–water partition coefficient (Wildman–Crippen LogP) is 5.47. The summed E-state index contributed by atoms with van der Waals surface area (Å²) in [5.41, 5.74) is -0.548. The molecule has 0 aromatic rings. The normalized spacial score (nSPS) is 16.0. The van der Waals surface area contributed by atoms with Crippen molar-refractivity contribution in [2.24, 2.45) is 22.2 Å². The van der Waals surface area contributed by atoms with Crippen molar-refractivity contribution in [3.05, 3.63) is 12.2 Å². The zero-order valence-electron chi connectivity index (χ0n) is 17.5. The van der Waals surface area contributed by atoms with Gasteiger partial charge in [-0.25, -0.2) is 4.79 Å². The van der Waals surface area contributed by atoms with Crippen LogP contribution < -0.4 is 0 Å². The minimum atomic E-state index is -0.957. The molecule has 0 heterocycles. The van der Waals surface area contributed by atoms with E-state index in [9.17, 15) is 9.59 Å². The lowest BCUT2D eigenvalue weighted by Gasteiger charge is -2.43. The first-order valence-corrected chi connectivity index (χ1v) is 9.22. The van der Waals surface area contributed by atoms with Gasteiger partial charge in [-0.15, -0.1) is 0 Å². The zero-order valence-corrected chi connectivity index (χ0v) is 17.5. The van der Waals surface area contributed by atoms with Gasteiger partial charge in [0, 0.05) is 5.57 Å². The average Bonchev–Trinajstić information content (AvgIpc) is 2.42. The van der Waals surface area contributed by atoms with Crippen LogP contribution in [0.4, 0.5) is 0 Å². The Labute approximate surface area is 154 Å². The highest BCUT2D eigenvalue weighted by atomic mass is 16.5. The Morgan fingerprint density at radius 3 is 1.96 bits per heavy atom. The zero-order chi connectivity index (χ0) is 20.1. The number of ether oxygens (including phenoxy) is 1. The maximum Gasteiger partial charge on any atom is 0.330 e. The van der Waals surface area contributed by atoms with Crippen LogP contribution in [0.1, 0.15) is 81.1 Å². The van der Waals surface area contributed by atoms with Crippen LogP contribution in [0.2, 0.25) is 0 Å². The molecule has 0 aromatic carbocycles. The van der Waals surface area contributed by atoms with E-state index in [0.29, 0.717) is 19.4 Å². The molecule has 0 saturated heterocycles. The second kappa shape index (κ2) is 8.86. The number of carbonyl (C=O) groups excluding carboxylic acids is 1. The predicted molar refractivity (Wildman–Crippen MR) is 102 cm³/mol. The highest BCUT2D eigenvalue weighted by Gasteiger charge is 2.47. The highest BCUT2D eigenvalue weighted by Crippen LogP contribution is 2.47. The van der Waals surface area contributed by atoms with Crippen LogP contribution in [0.5, 0.6) is 0 Å². The number of rotatable bonds is 9. The smallest absolute Gasteiger partial charge is 0.330 e. The summed E-state index contributed by atoms with van der Waals surface area (Å²) in [5.74, 6) is -0.956. The first kappa shape index (κ1) is 23.7. The molecule has 4 nitrogen and oxygen atoms in total. The Morgan fingerprint density at radius 2 is 1.60 bits per heavy atom. The molecular weight excluding hydrogens is 316 g/mol. The lowest BCUT2D eigenvalue weighted by Crippen LogP contribution is -2.44. The van der Waals surface area contributed by atoms with Crippen LogP contribution in [0, 0.1) is 22.2 Å². The maximum absolute atomic E-state index is 12.9. The third-order valence-electron chi connectivity index (χ3n) is 5.16. The molecule has 0 radical (unpaired) electrons. The molecule has 0 aliphatic rings. The molecule has 0 fully saturated rings. The first-order valence-electron chi connectivity index (χ1n) is 9.22. The standard InChI is InChI=1S/C21H38O4/c1-10-16(13-15(2)17(22)23)11-12-25-18(24)21(9,20(6,7)8)14-19(3,4)5/h16H,2,10-14H2,1,3-9H3,(H,22,23). The van der Waals surface area contributed by atoms with E-state index in [2.05, 4.69) is 48.1 Å². The number of hydrogen-bond acceptors (Lipinski definition) is 3. The Hall–Kier alpha value is -1.32. The monoisotopic (exact) mass is 354 g/mol. The van der Waals surface area contributed by atoms with E-state index in [1.807, 2.05) is 13.8 Å². The van der Waals surface area contributed by atoms with Crippen molar-refractivity contribution in [1.82, 2.24) is 0 Å². The summed E-state index contributed by atoms with van der Waals surface area (Å²) < 4.78 is 5.64. The lowest BCUT2D eigenvalue weighted by molar-refractivity contribution is -0.165. The fourth-order valence-electron chi connectivity index (χ4n) is 3.07. The summed E-state index contributed by atoms with van der Waals surface area (Å²) >= 11 is 0. The van der Waals surface area contributed by atoms with Crippen LogP contribution in [-0.2, 0) is 14.3 Å². The fourth-order valence-corrected chi connectivity index (χ4v) is 3.07. The molecule has 25 heavy (non-hydrogen) atoms. The van der Waals surface area contributed by atoms with Gasteiger partial charge in [-0.1, -0.05) is 61.5 Å². The van der Waals surface area contributed by atoms with E-state index in [4.69, 9.17) is 9.84 Å². The largest absolute Gasteiger partial charge is 0.478 e. The Balaban J connectivity index is 4.87. The van der Waals surface area contributed by atoms with E-state index in [1.54, 1.807) is 0 Å². The van der Waals surface area contributed by atoms with E-state index < -0.39 is 11.4 Å². The molecule has 0 bridgehead atoms. The molecule has 2 atom stereocenters. The van der Waals surface area contributed by atoms with Crippen LogP contribution in [0.15, 0.2) is 12.2 Å². The number of carboxylic acids is 1. The van der Waals surface area contributed by atoms with E-state index in [0.717, 1.165) is 12.8 Å². The second-order valence-corrected chi connectivity index (χ2v) is 9.63. The minimum Gasteiger partial charge on any atom is -0.478 e. The number of esters is 1. The molecule has 0 spiro atoms. The van der Waals surface area contributed by atoms with Gasteiger partial charge in [-0.3, -0.25) is 4.79 Å². The third-order valence-corrected chi connectivity index (χ3v) is 5.16. The molecule has 0 rings (SSSR count). The van der Waals surface area contributed by atoms with Gasteiger partial charge in [0.15, 0.2) is 0 Å². The van der Waals surface area contributed by atoms with Crippen molar-refractivity contribution in [1.29, 1.82) is 0 Å². The van der Waals surface area contributed by atoms with E-state index >= 15 is 0 Å². The summed E-state index contributed by atoms with van der Waals surface area (Å²) in [6.07, 6.45) is 2.67. The molecule has 2 unspecified atom stereocenters. The summed E-state index contributed by atoms with van der Waals surface area (Å²) in [5, 5.41) is 8.96. The van der Waals surface area contributed by atoms with Crippen molar-refractivity contribution in [2.45, 2.75) is 81.1 Å². The van der Waals surface area contributed by atoms with Crippen molar-refractivity contribution >= 4 is 11.9 Å². The maximum atomic E-state index is 12.9. The molecule has 0 saturated carbocycles. The number of aliphatic carboxylic acids is 1. The number of hydrogen-bond donors (Lipinski definition) is 1. The van der Waals surface area contributed by atoms with Crippen LogP contribution in [0.25, 0.3) is 0 Å². The highest BCUT2D eigenvalue weighted by molar-refractivity contribution is 5.85. The van der Waals surface area contributed by atoms with Crippen molar-refractivity contribution in [2.75, 3.05) is 6.61 Å². The first-order chi connectivity index (χ1) is 11.1. The molecular formula is C21H38O4. The van der Waals surface area contributed by atoms with Crippen LogP contribution in [-0.4, -0.2) is 23.7 Å². The number of carbonyl (C=O) groups is 2. The van der Waals surface area contributed by atoms with Crippen LogP contribution in [0.3, 0.4) is 0 Å². The Kier molecular flexibility index (Phi) is 8.40. The summed E-state index contributed by atoms with van der Waals surface area (Å²) in [7, 11) is 0. The molecule has 0 aliphatic carbocycles. The van der Waals surface area contributed by atoms with Gasteiger partial charge in [0.2, 0.25) is 0 Å². The van der Waals surface area contributed by atoms with Crippen molar-refractivity contribution in [3.63, 3.8) is 0 Å². The van der Waals surface area contributed by atoms with Crippen molar-refractivity contribution < 1.29 is 19.4 Å².